The molecule has 2 saturated heterocycles. The van der Waals surface area contributed by atoms with Crippen LogP contribution in [0.25, 0.3) is 0 Å². The van der Waals surface area contributed by atoms with Gasteiger partial charge in [-0.2, -0.15) is 0 Å². The van der Waals surface area contributed by atoms with Gasteiger partial charge in [0.15, 0.2) is 0 Å². The Bertz CT molecular complexity index is 762. The zero-order chi connectivity index (χ0) is 17.4. The Morgan fingerprint density at radius 2 is 1.96 bits per heavy atom. The van der Waals surface area contributed by atoms with Crippen molar-refractivity contribution in [3.05, 3.63) is 42.5 Å². The second-order valence-electron chi connectivity index (χ2n) is 8.40. The predicted molar refractivity (Wildman–Crippen MR) is 96.9 cm³/mol. The second kappa shape index (κ2) is 5.00. The molecule has 0 unspecified atom stereocenters. The number of hydrogen-bond acceptors (Lipinski definition) is 3. The third-order valence-electron chi connectivity index (χ3n) is 7.11. The topological polar surface area (TPSA) is 38.8 Å². The molecule has 3 nitrogen and oxygen atoms in total. The fourth-order valence-electron chi connectivity index (χ4n) is 5.64. The molecule has 132 valence electrons. The monoisotopic (exact) mass is 404 g/mol. The summed E-state index contributed by atoms with van der Waals surface area (Å²) >= 11 is 0.0636. The first-order valence-corrected chi connectivity index (χ1v) is 10.9. The van der Waals surface area contributed by atoms with Gasteiger partial charge in [-0.25, -0.2) is 0 Å². The number of carbonyl (C=O) groups is 1. The molecule has 6 atom stereocenters. The van der Waals surface area contributed by atoms with E-state index in [1.165, 1.54) is 10.0 Å². The van der Waals surface area contributed by atoms with Crippen LogP contribution in [0.5, 0.6) is 0 Å². The van der Waals surface area contributed by atoms with Crippen LogP contribution in [0, 0.1) is 11.8 Å². The van der Waals surface area contributed by atoms with E-state index >= 15 is 0 Å². The molecule has 1 aromatic carbocycles. The Morgan fingerprint density at radius 1 is 1.20 bits per heavy atom. The van der Waals surface area contributed by atoms with E-state index < -0.39 is 4.31 Å². The van der Waals surface area contributed by atoms with E-state index in [0.29, 0.717) is 0 Å². The number of epoxide rings is 1. The van der Waals surface area contributed by atoms with E-state index in [4.69, 9.17) is 9.47 Å². The second-order valence-corrected chi connectivity index (χ2v) is 11.6. The number of ether oxygens (including phenoxy) is 2. The van der Waals surface area contributed by atoms with Crippen molar-refractivity contribution in [2.24, 2.45) is 11.8 Å². The van der Waals surface area contributed by atoms with Crippen LogP contribution in [0.1, 0.15) is 39.5 Å². The molecule has 0 amide bonds. The molecule has 2 heterocycles. The van der Waals surface area contributed by atoms with Crippen LogP contribution in [0.2, 0.25) is 4.31 Å². The van der Waals surface area contributed by atoms with E-state index in [-0.39, 0.29) is 50.1 Å². The minimum absolute atomic E-state index is 0.00884. The summed E-state index contributed by atoms with van der Waals surface area (Å²) in [5.74, 6) is 0.443. The molecular weight excluding hydrogens is 379 g/mol. The van der Waals surface area contributed by atoms with Gasteiger partial charge in [-0.1, -0.05) is 0 Å². The number of hydrogen-bond donors (Lipinski definition) is 0. The van der Waals surface area contributed by atoms with E-state index in [2.05, 4.69) is 44.7 Å². The molecule has 4 heteroatoms. The molecule has 0 N–H and O–H groups in total. The van der Waals surface area contributed by atoms with Crippen molar-refractivity contribution in [1.29, 1.82) is 0 Å². The Balaban J connectivity index is 1.53. The van der Waals surface area contributed by atoms with Gasteiger partial charge in [0.1, 0.15) is 0 Å². The van der Waals surface area contributed by atoms with Crippen LogP contribution >= 0.6 is 0 Å². The molecule has 0 bridgehead atoms. The summed E-state index contributed by atoms with van der Waals surface area (Å²) in [6, 6.07) is 10.4. The summed E-state index contributed by atoms with van der Waals surface area (Å²) in [5.41, 5.74) is 1.06. The maximum absolute atomic E-state index is 13.0. The molecule has 1 aromatic rings. The van der Waals surface area contributed by atoms with Crippen LogP contribution in [0.4, 0.5) is 0 Å². The number of carbonyl (C=O) groups excluding carboxylic acids is 1. The van der Waals surface area contributed by atoms with Gasteiger partial charge in [0.2, 0.25) is 0 Å². The molecule has 4 aliphatic rings. The normalized spacial score (nSPS) is 47.5. The summed E-state index contributed by atoms with van der Waals surface area (Å²) < 4.78 is 13.3. The van der Waals surface area contributed by atoms with E-state index in [1.54, 1.807) is 0 Å². The fraction of sp³-hybridized carbons (Fsp3) is 0.571. The van der Waals surface area contributed by atoms with E-state index in [0.717, 1.165) is 25.7 Å². The minimum atomic E-state index is -0.393. The van der Waals surface area contributed by atoms with E-state index in [1.807, 2.05) is 6.07 Å². The Labute approximate surface area is 155 Å². The number of benzene rings is 1. The van der Waals surface area contributed by atoms with Gasteiger partial charge in [0.25, 0.3) is 0 Å². The molecule has 2 aliphatic carbocycles. The first-order valence-electron chi connectivity index (χ1n) is 9.23. The van der Waals surface area contributed by atoms with Gasteiger partial charge in [-0.15, -0.1) is 0 Å². The van der Waals surface area contributed by atoms with Crippen molar-refractivity contribution >= 4 is 25.4 Å². The van der Waals surface area contributed by atoms with Crippen LogP contribution < -0.4 is 4.46 Å². The summed E-state index contributed by atoms with van der Waals surface area (Å²) in [7, 11) is 0. The summed E-state index contributed by atoms with van der Waals surface area (Å²) in [6.45, 7) is 8.72. The molecule has 2 saturated carbocycles. The molecule has 5 rings (SSSR count). The average molecular weight is 403 g/mol. The third kappa shape index (κ3) is 1.99. The summed E-state index contributed by atoms with van der Waals surface area (Å²) in [4.78, 5) is 13.0. The molecular formula is C21H24O3Se. The third-order valence-corrected chi connectivity index (χ3v) is 10.0. The van der Waals surface area contributed by atoms with Gasteiger partial charge in [-0.3, -0.25) is 0 Å². The molecule has 1 spiro atoms. The van der Waals surface area contributed by atoms with Crippen molar-refractivity contribution in [3.63, 3.8) is 0 Å². The van der Waals surface area contributed by atoms with Gasteiger partial charge in [0, 0.05) is 0 Å². The molecule has 4 fully saturated rings. The Hall–Kier alpha value is -1.09. The van der Waals surface area contributed by atoms with Crippen LogP contribution in [0.3, 0.4) is 0 Å². The summed E-state index contributed by atoms with van der Waals surface area (Å²) in [5, 5.41) is 0. The van der Waals surface area contributed by atoms with Crippen molar-refractivity contribution < 1.29 is 14.3 Å². The number of esters is 1. The number of rotatable bonds is 2. The van der Waals surface area contributed by atoms with Crippen LogP contribution in [-0.2, 0) is 14.3 Å². The zero-order valence-electron chi connectivity index (χ0n) is 14.8. The average Bonchev–Trinajstić information content (AvgIpc) is 2.95. The van der Waals surface area contributed by atoms with Gasteiger partial charge < -0.3 is 0 Å². The quantitative estimate of drug-likeness (QED) is 0.330. The zero-order valence-corrected chi connectivity index (χ0v) is 16.5. The molecule has 2 aliphatic heterocycles. The van der Waals surface area contributed by atoms with Crippen LogP contribution in [0.15, 0.2) is 42.5 Å². The fourth-order valence-corrected chi connectivity index (χ4v) is 8.41. The molecule has 25 heavy (non-hydrogen) atoms. The van der Waals surface area contributed by atoms with Gasteiger partial charge in [0.05, 0.1) is 0 Å². The van der Waals surface area contributed by atoms with Crippen molar-refractivity contribution in [1.82, 2.24) is 0 Å². The number of fused-ring (bicyclic) bond motifs is 2. The summed E-state index contributed by atoms with van der Waals surface area (Å²) in [6.07, 6.45) is 4.01. The van der Waals surface area contributed by atoms with Gasteiger partial charge >= 0.3 is 155 Å². The molecule has 0 aromatic heterocycles. The Morgan fingerprint density at radius 3 is 2.72 bits per heavy atom. The van der Waals surface area contributed by atoms with Crippen LogP contribution in [-0.4, -0.2) is 38.2 Å². The van der Waals surface area contributed by atoms with Crippen molar-refractivity contribution in [2.75, 3.05) is 0 Å². The molecule has 0 radical (unpaired) electrons. The SMILES string of the molecule is C=C1CC[C@]23O[C@@]2(C)CC[C@@H]2[C@H](OC(=O)[C@@]2(C)[Se]c2ccccc2)[C@@H]13. The predicted octanol–water partition coefficient (Wildman–Crippen LogP) is 3.02. The standard InChI is InChI=1S/C21H24O3Se/c1-13-9-12-21-16(13)17-15(10-11-19(21,2)24-21)20(3,18(22)23-17)25-14-7-5-4-6-8-14/h4-8,15-17H,1,9-12H2,2-3H3/t15-,16-,17+,19+,20+,21-/m1/s1. The van der Waals surface area contributed by atoms with Gasteiger partial charge in [-0.05, 0) is 0 Å². The maximum atomic E-state index is 13.0. The Kier molecular flexibility index (Phi) is 3.22. The van der Waals surface area contributed by atoms with Crippen molar-refractivity contribution in [2.45, 2.75) is 61.2 Å². The first kappa shape index (κ1) is 16.1. The first-order chi connectivity index (χ1) is 11.9. The van der Waals surface area contributed by atoms with Crippen molar-refractivity contribution in [3.8, 4) is 0 Å². The van der Waals surface area contributed by atoms with E-state index in [9.17, 15) is 4.79 Å².